The summed E-state index contributed by atoms with van der Waals surface area (Å²) in [5.74, 6) is 6.34. The summed E-state index contributed by atoms with van der Waals surface area (Å²) in [6, 6.07) is 0.730. The molecule has 236 valence electrons. The van der Waals surface area contributed by atoms with E-state index in [1.807, 2.05) is 0 Å². The largest absolute Gasteiger partial charge is 0.307 e. The molecule has 0 fully saturated rings. The molecule has 0 aliphatic heterocycles. The van der Waals surface area contributed by atoms with Gasteiger partial charge in [-0.2, -0.15) is 0 Å². The maximum atomic E-state index is 2.52. The fraction of sp³-hybridized carbons (Fsp3) is 1.00. The third-order valence-corrected chi connectivity index (χ3v) is 10.3. The highest BCUT2D eigenvalue weighted by Crippen LogP contribution is 2.27. The first-order valence-corrected chi connectivity index (χ1v) is 18.1. The topological polar surface area (TPSA) is 3.24 Å². The monoisotopic (exact) mass is 550 g/mol. The van der Waals surface area contributed by atoms with Gasteiger partial charge in [-0.25, -0.2) is 0 Å². The van der Waals surface area contributed by atoms with E-state index < -0.39 is 0 Å². The fourth-order valence-corrected chi connectivity index (χ4v) is 6.50. The van der Waals surface area contributed by atoms with E-state index in [0.29, 0.717) is 0 Å². The molecule has 0 N–H and O–H groups in total. The van der Waals surface area contributed by atoms with E-state index in [-0.39, 0.29) is 0 Å². The predicted molar refractivity (Wildman–Crippen MR) is 181 cm³/mol. The fourth-order valence-electron chi connectivity index (χ4n) is 6.50. The van der Waals surface area contributed by atoms with Crippen molar-refractivity contribution in [3.63, 3.8) is 0 Å². The lowest BCUT2D eigenvalue weighted by Gasteiger charge is -2.21. The van der Waals surface area contributed by atoms with Gasteiger partial charge in [0.25, 0.3) is 0 Å². The summed E-state index contributed by atoms with van der Waals surface area (Å²) in [5.41, 5.74) is 0. The molecule has 0 aromatic carbocycles. The van der Waals surface area contributed by atoms with Gasteiger partial charge in [0.15, 0.2) is 0 Å². The van der Waals surface area contributed by atoms with Gasteiger partial charge in [-0.3, -0.25) is 0 Å². The van der Waals surface area contributed by atoms with E-state index in [2.05, 4.69) is 81.3 Å². The molecule has 0 aliphatic carbocycles. The summed E-state index contributed by atoms with van der Waals surface area (Å²) in [6.07, 6.45) is 27.2. The molecule has 0 aromatic rings. The summed E-state index contributed by atoms with van der Waals surface area (Å²) in [6.45, 7) is 22.1. The Kier molecular flexibility index (Phi) is 24.5. The lowest BCUT2D eigenvalue weighted by Crippen LogP contribution is -2.24. The van der Waals surface area contributed by atoms with Crippen LogP contribution in [-0.4, -0.2) is 25.0 Å². The van der Waals surface area contributed by atoms with Crippen LogP contribution >= 0.6 is 0 Å². The second-order valence-electron chi connectivity index (χ2n) is 15.5. The molecule has 1 nitrogen and oxygen atoms in total. The maximum Gasteiger partial charge on any atom is 0.00608 e. The van der Waals surface area contributed by atoms with Crippen LogP contribution in [0.3, 0.4) is 0 Å². The van der Waals surface area contributed by atoms with Crippen LogP contribution in [0.1, 0.15) is 184 Å². The van der Waals surface area contributed by atoms with Gasteiger partial charge in [0.1, 0.15) is 0 Å². The van der Waals surface area contributed by atoms with E-state index in [0.717, 1.165) is 47.5 Å². The highest BCUT2D eigenvalue weighted by atomic mass is 15.1. The Labute approximate surface area is 250 Å². The minimum atomic E-state index is 0.730. The molecule has 0 heterocycles. The van der Waals surface area contributed by atoms with E-state index in [9.17, 15) is 0 Å². The zero-order chi connectivity index (χ0) is 29.6. The molecule has 7 atom stereocenters. The van der Waals surface area contributed by atoms with Gasteiger partial charge >= 0.3 is 0 Å². The summed E-state index contributed by atoms with van der Waals surface area (Å²) < 4.78 is 0. The van der Waals surface area contributed by atoms with E-state index in [1.165, 1.54) is 122 Å². The number of rotatable bonds is 27. The number of hydrogen-bond donors (Lipinski definition) is 0. The Morgan fingerprint density at radius 2 is 0.744 bits per heavy atom. The van der Waals surface area contributed by atoms with Crippen molar-refractivity contribution in [2.24, 2.45) is 41.4 Å². The maximum absolute atomic E-state index is 2.52. The van der Waals surface area contributed by atoms with Crippen molar-refractivity contribution in [1.29, 1.82) is 0 Å². The van der Waals surface area contributed by atoms with Crippen LogP contribution in [0.4, 0.5) is 0 Å². The smallest absolute Gasteiger partial charge is 0.00608 e. The third-order valence-electron chi connectivity index (χ3n) is 10.3. The van der Waals surface area contributed by atoms with Gasteiger partial charge in [0.2, 0.25) is 0 Å². The second-order valence-corrected chi connectivity index (χ2v) is 15.5. The minimum Gasteiger partial charge on any atom is -0.307 e. The molecule has 0 radical (unpaired) electrons. The van der Waals surface area contributed by atoms with Gasteiger partial charge in [0, 0.05) is 6.04 Å². The van der Waals surface area contributed by atoms with Gasteiger partial charge in [-0.05, 0) is 75.3 Å². The Bertz CT molecular complexity index is 511. The average Bonchev–Trinajstić information content (AvgIpc) is 2.86. The molecule has 0 aliphatic rings. The molecule has 0 saturated carbocycles. The summed E-state index contributed by atoms with van der Waals surface area (Å²) in [5, 5.41) is 0. The molecular weight excluding hydrogens is 470 g/mol. The minimum absolute atomic E-state index is 0.730. The first-order valence-electron chi connectivity index (χ1n) is 18.1. The molecular formula is C38H79N. The molecule has 39 heavy (non-hydrogen) atoms. The van der Waals surface area contributed by atoms with Gasteiger partial charge in [-0.1, -0.05) is 165 Å². The Morgan fingerprint density at radius 3 is 1.31 bits per heavy atom. The van der Waals surface area contributed by atoms with E-state index in [4.69, 9.17) is 0 Å². The lowest BCUT2D eigenvalue weighted by atomic mass is 9.85. The summed E-state index contributed by atoms with van der Waals surface area (Å²) in [4.78, 5) is 2.35. The predicted octanol–water partition coefficient (Wildman–Crippen LogP) is 12.8. The average molecular weight is 550 g/mol. The summed E-state index contributed by atoms with van der Waals surface area (Å²) in [7, 11) is 4.41. The van der Waals surface area contributed by atoms with Crippen LogP contribution in [-0.2, 0) is 0 Å². The van der Waals surface area contributed by atoms with Crippen LogP contribution in [0.15, 0.2) is 0 Å². The normalized spacial score (nSPS) is 17.8. The second kappa shape index (κ2) is 24.5. The first kappa shape index (κ1) is 39.0. The van der Waals surface area contributed by atoms with E-state index >= 15 is 0 Å². The number of hydrogen-bond acceptors (Lipinski definition) is 1. The van der Waals surface area contributed by atoms with Crippen LogP contribution in [0.5, 0.6) is 0 Å². The molecule has 0 unspecified atom stereocenters. The summed E-state index contributed by atoms with van der Waals surface area (Å²) >= 11 is 0. The third kappa shape index (κ3) is 24.3. The number of nitrogens with zero attached hydrogens (tertiary/aromatic N) is 1. The quantitative estimate of drug-likeness (QED) is 0.0921. The van der Waals surface area contributed by atoms with Crippen molar-refractivity contribution in [3.05, 3.63) is 0 Å². The SMILES string of the molecule is CC(C)CC[C@H](C)CCC[C@H](C)[C@@H](C)CCCCCC[C@@H](C)C[C@@H](C)CCC[C@H](C)CCCC[C@H](C)N(C)C. The van der Waals surface area contributed by atoms with Gasteiger partial charge in [0.05, 0.1) is 0 Å². The Balaban J connectivity index is 3.71. The molecule has 0 aromatic heterocycles. The lowest BCUT2D eigenvalue weighted by molar-refractivity contribution is 0.288. The zero-order valence-electron chi connectivity index (χ0n) is 29.5. The standard InChI is InChI=1S/C38H79N/c1-31(2)28-29-33(4)23-19-26-37(8)36(7)25-15-13-12-14-21-34(5)30-35(6)24-18-22-32(3)20-16-17-27-38(9)39(10)11/h31-38H,12-30H2,1-11H3/t32-,33-,34-,35+,36+,37+,38+/m1/s1. The Hall–Kier alpha value is -0.0400. The van der Waals surface area contributed by atoms with Crippen LogP contribution in [0.2, 0.25) is 0 Å². The molecule has 0 amide bonds. The van der Waals surface area contributed by atoms with E-state index in [1.54, 1.807) is 0 Å². The molecule has 1 heteroatoms. The highest BCUT2D eigenvalue weighted by Gasteiger charge is 2.14. The Morgan fingerprint density at radius 1 is 0.359 bits per heavy atom. The van der Waals surface area contributed by atoms with Crippen molar-refractivity contribution < 1.29 is 0 Å². The van der Waals surface area contributed by atoms with Crippen LogP contribution in [0.25, 0.3) is 0 Å². The van der Waals surface area contributed by atoms with Gasteiger partial charge < -0.3 is 4.90 Å². The van der Waals surface area contributed by atoms with Gasteiger partial charge in [-0.15, -0.1) is 0 Å². The van der Waals surface area contributed by atoms with Crippen molar-refractivity contribution in [3.8, 4) is 0 Å². The van der Waals surface area contributed by atoms with Crippen molar-refractivity contribution >= 4 is 0 Å². The van der Waals surface area contributed by atoms with Crippen molar-refractivity contribution in [1.82, 2.24) is 4.90 Å². The zero-order valence-corrected chi connectivity index (χ0v) is 29.5. The first-order chi connectivity index (χ1) is 18.4. The van der Waals surface area contributed by atoms with Crippen LogP contribution in [0, 0.1) is 41.4 Å². The van der Waals surface area contributed by atoms with Crippen molar-refractivity contribution in [2.75, 3.05) is 14.1 Å². The highest BCUT2D eigenvalue weighted by molar-refractivity contribution is 4.66. The molecule has 0 rings (SSSR count). The molecule has 0 saturated heterocycles. The van der Waals surface area contributed by atoms with Crippen molar-refractivity contribution in [2.45, 2.75) is 190 Å². The van der Waals surface area contributed by atoms with Crippen LogP contribution < -0.4 is 0 Å². The molecule has 0 spiro atoms. The number of unbranched alkanes of at least 4 members (excludes halogenated alkanes) is 4. The molecule has 0 bridgehead atoms.